The van der Waals surface area contributed by atoms with Crippen LogP contribution in [-0.2, 0) is 6.42 Å². The van der Waals surface area contributed by atoms with Gasteiger partial charge in [0.05, 0.1) is 24.4 Å². The summed E-state index contributed by atoms with van der Waals surface area (Å²) in [6.07, 6.45) is 0.521. The summed E-state index contributed by atoms with van der Waals surface area (Å²) in [6, 6.07) is 13.0. The molecule has 3 nitrogen and oxygen atoms in total. The van der Waals surface area contributed by atoms with Gasteiger partial charge >= 0.3 is 0 Å². The summed E-state index contributed by atoms with van der Waals surface area (Å²) in [7, 11) is 1.59. The first-order chi connectivity index (χ1) is 8.74. The van der Waals surface area contributed by atoms with Crippen molar-refractivity contribution >= 4 is 11.6 Å². The van der Waals surface area contributed by atoms with Crippen molar-refractivity contribution < 1.29 is 4.74 Å². The zero-order valence-corrected chi connectivity index (χ0v) is 10.6. The van der Waals surface area contributed by atoms with Crippen LogP contribution in [0.2, 0.25) is 5.15 Å². The van der Waals surface area contributed by atoms with Gasteiger partial charge in [0.1, 0.15) is 10.9 Å². The molecule has 2 rings (SSSR count). The molecule has 0 atom stereocenters. The smallest absolute Gasteiger partial charge is 0.140 e. The molecular formula is C14H11ClN2O. The molecule has 2 aromatic rings. The van der Waals surface area contributed by atoms with Crippen molar-refractivity contribution in [2.45, 2.75) is 6.42 Å². The van der Waals surface area contributed by atoms with Gasteiger partial charge in [-0.25, -0.2) is 4.98 Å². The molecule has 0 spiro atoms. The van der Waals surface area contributed by atoms with Crippen molar-refractivity contribution in [3.8, 4) is 11.8 Å². The minimum Gasteiger partial charge on any atom is -0.495 e. The number of benzene rings is 1. The highest BCUT2D eigenvalue weighted by molar-refractivity contribution is 6.29. The normalized spacial score (nSPS) is 9.83. The Balaban J connectivity index is 2.40. The van der Waals surface area contributed by atoms with Crippen LogP contribution in [0.3, 0.4) is 0 Å². The van der Waals surface area contributed by atoms with E-state index < -0.39 is 0 Å². The van der Waals surface area contributed by atoms with Crippen LogP contribution in [0.15, 0.2) is 36.4 Å². The maximum absolute atomic E-state index is 9.05. The van der Waals surface area contributed by atoms with Crippen LogP contribution in [-0.4, -0.2) is 12.1 Å². The minimum atomic E-state index is 0.417. The van der Waals surface area contributed by atoms with Gasteiger partial charge in [0.2, 0.25) is 0 Å². The topological polar surface area (TPSA) is 45.9 Å². The number of aromatic nitrogens is 1. The Labute approximate surface area is 111 Å². The largest absolute Gasteiger partial charge is 0.495 e. The quantitative estimate of drug-likeness (QED) is 0.794. The maximum atomic E-state index is 9.05. The van der Waals surface area contributed by atoms with E-state index in [4.69, 9.17) is 21.6 Å². The number of rotatable bonds is 3. The van der Waals surface area contributed by atoms with Crippen LogP contribution in [0.1, 0.15) is 16.8 Å². The van der Waals surface area contributed by atoms with Crippen molar-refractivity contribution in [2.75, 3.05) is 7.11 Å². The SMILES string of the molecule is COc1ccc(Cl)nc1Cc1ccccc1C#N. The summed E-state index contributed by atoms with van der Waals surface area (Å²) < 4.78 is 5.24. The highest BCUT2D eigenvalue weighted by Gasteiger charge is 2.09. The Morgan fingerprint density at radius 3 is 2.78 bits per heavy atom. The molecule has 0 fully saturated rings. The molecule has 0 amide bonds. The summed E-state index contributed by atoms with van der Waals surface area (Å²) >= 11 is 5.88. The lowest BCUT2D eigenvalue weighted by atomic mass is 10.0. The van der Waals surface area contributed by atoms with Gasteiger partial charge in [0.25, 0.3) is 0 Å². The Hall–Kier alpha value is -2.05. The first-order valence-electron chi connectivity index (χ1n) is 5.42. The van der Waals surface area contributed by atoms with E-state index >= 15 is 0 Å². The van der Waals surface area contributed by atoms with Gasteiger partial charge in [0.15, 0.2) is 0 Å². The standard InChI is InChI=1S/C14H11ClN2O/c1-18-13-6-7-14(15)17-12(13)8-10-4-2-3-5-11(10)9-16/h2-7H,8H2,1H3. The number of nitriles is 1. The van der Waals surface area contributed by atoms with E-state index in [9.17, 15) is 0 Å². The molecule has 1 aromatic heterocycles. The van der Waals surface area contributed by atoms with Crippen molar-refractivity contribution in [1.29, 1.82) is 5.26 Å². The van der Waals surface area contributed by atoms with Gasteiger partial charge in [-0.3, -0.25) is 0 Å². The zero-order valence-electron chi connectivity index (χ0n) is 9.85. The molecule has 0 saturated carbocycles. The fraction of sp³-hybridized carbons (Fsp3) is 0.143. The fourth-order valence-electron chi connectivity index (χ4n) is 1.74. The van der Waals surface area contributed by atoms with E-state index in [1.807, 2.05) is 18.2 Å². The Bertz CT molecular complexity index is 605. The maximum Gasteiger partial charge on any atom is 0.140 e. The molecule has 90 valence electrons. The highest BCUT2D eigenvalue weighted by Crippen LogP contribution is 2.23. The van der Waals surface area contributed by atoms with E-state index in [1.165, 1.54) is 0 Å². The molecule has 0 bridgehead atoms. The van der Waals surface area contributed by atoms with Gasteiger partial charge in [-0.2, -0.15) is 5.26 Å². The van der Waals surface area contributed by atoms with E-state index in [0.29, 0.717) is 22.9 Å². The molecular weight excluding hydrogens is 248 g/mol. The lowest BCUT2D eigenvalue weighted by Crippen LogP contribution is -1.99. The molecule has 0 saturated heterocycles. The van der Waals surface area contributed by atoms with E-state index in [1.54, 1.807) is 25.3 Å². The molecule has 18 heavy (non-hydrogen) atoms. The van der Waals surface area contributed by atoms with Gasteiger partial charge in [-0.05, 0) is 23.8 Å². The molecule has 0 aliphatic rings. The number of hydrogen-bond donors (Lipinski definition) is 0. The van der Waals surface area contributed by atoms with Crippen molar-refractivity contribution in [3.05, 3.63) is 58.4 Å². The lowest BCUT2D eigenvalue weighted by Gasteiger charge is -2.08. The van der Waals surface area contributed by atoms with E-state index in [-0.39, 0.29) is 0 Å². The number of hydrogen-bond acceptors (Lipinski definition) is 3. The highest BCUT2D eigenvalue weighted by atomic mass is 35.5. The third-order valence-electron chi connectivity index (χ3n) is 2.61. The average molecular weight is 259 g/mol. The molecule has 0 radical (unpaired) electrons. The second-order valence-electron chi connectivity index (χ2n) is 3.73. The van der Waals surface area contributed by atoms with Crippen LogP contribution in [0.25, 0.3) is 0 Å². The van der Waals surface area contributed by atoms with Gasteiger partial charge in [-0.15, -0.1) is 0 Å². The van der Waals surface area contributed by atoms with Crippen LogP contribution >= 0.6 is 11.6 Å². The predicted octanol–water partition coefficient (Wildman–Crippen LogP) is 3.21. The number of methoxy groups -OCH3 is 1. The summed E-state index contributed by atoms with van der Waals surface area (Å²) in [5.41, 5.74) is 2.28. The third kappa shape index (κ3) is 2.61. The monoisotopic (exact) mass is 258 g/mol. The fourth-order valence-corrected chi connectivity index (χ4v) is 1.90. The van der Waals surface area contributed by atoms with Crippen LogP contribution in [0.5, 0.6) is 5.75 Å². The third-order valence-corrected chi connectivity index (χ3v) is 2.82. The Kier molecular flexibility index (Phi) is 3.81. The molecule has 0 aliphatic heterocycles. The van der Waals surface area contributed by atoms with Crippen LogP contribution in [0, 0.1) is 11.3 Å². The van der Waals surface area contributed by atoms with E-state index in [2.05, 4.69) is 11.1 Å². The van der Waals surface area contributed by atoms with Gasteiger partial charge in [0, 0.05) is 6.42 Å². The Morgan fingerprint density at radius 1 is 1.28 bits per heavy atom. The summed E-state index contributed by atoms with van der Waals surface area (Å²) in [5, 5.41) is 9.47. The van der Waals surface area contributed by atoms with Crippen molar-refractivity contribution in [2.24, 2.45) is 0 Å². The Morgan fingerprint density at radius 2 is 2.06 bits per heavy atom. The summed E-state index contributed by atoms with van der Waals surface area (Å²) in [5.74, 6) is 0.673. The number of nitrogens with zero attached hydrogens (tertiary/aromatic N) is 2. The second-order valence-corrected chi connectivity index (χ2v) is 4.12. The molecule has 0 aliphatic carbocycles. The first kappa shape index (κ1) is 12.4. The molecule has 4 heteroatoms. The lowest BCUT2D eigenvalue weighted by molar-refractivity contribution is 0.408. The van der Waals surface area contributed by atoms with Gasteiger partial charge in [-0.1, -0.05) is 29.8 Å². The van der Waals surface area contributed by atoms with Crippen molar-refractivity contribution in [3.63, 3.8) is 0 Å². The molecule has 0 N–H and O–H groups in total. The summed E-state index contributed by atoms with van der Waals surface area (Å²) in [4.78, 5) is 4.25. The van der Waals surface area contributed by atoms with Crippen LogP contribution in [0.4, 0.5) is 0 Å². The number of pyridine rings is 1. The number of halogens is 1. The van der Waals surface area contributed by atoms with Crippen molar-refractivity contribution in [1.82, 2.24) is 4.98 Å². The predicted molar refractivity (Wildman–Crippen MR) is 69.8 cm³/mol. The zero-order chi connectivity index (χ0) is 13.0. The second kappa shape index (κ2) is 5.52. The average Bonchev–Trinajstić information content (AvgIpc) is 2.40. The molecule has 1 heterocycles. The number of ether oxygens (including phenoxy) is 1. The molecule has 0 unspecified atom stereocenters. The van der Waals surface area contributed by atoms with E-state index in [0.717, 1.165) is 11.3 Å². The molecule has 1 aromatic carbocycles. The van der Waals surface area contributed by atoms with Gasteiger partial charge < -0.3 is 4.74 Å². The van der Waals surface area contributed by atoms with Crippen LogP contribution < -0.4 is 4.74 Å². The first-order valence-corrected chi connectivity index (χ1v) is 5.80. The summed E-state index contributed by atoms with van der Waals surface area (Å²) in [6.45, 7) is 0. The minimum absolute atomic E-state index is 0.417.